The standard InChI is InChI=1S/C18H28N5O6PS/c1-11-6-12(7-28-30(26)27-4-5-31-17(25)18(2,3)8-24)29-16(11)23-10-22-13-14(19)20-9-21-15(13)23/h9-12,16,24,30H,4-8H2,1-3H3,(H2,19,20,21)/t11-,12-,16+/m0/s1. The highest BCUT2D eigenvalue weighted by atomic mass is 32.2. The molecule has 13 heteroatoms. The Labute approximate surface area is 185 Å². The second-order valence-corrected chi connectivity index (χ2v) is 10.2. The van der Waals surface area contributed by atoms with Gasteiger partial charge in [-0.3, -0.25) is 13.9 Å². The zero-order chi connectivity index (χ0) is 22.6. The molecule has 3 heterocycles. The summed E-state index contributed by atoms with van der Waals surface area (Å²) >= 11 is 1.04. The number of carbonyl (C=O) groups excluding carboxylic acids is 1. The van der Waals surface area contributed by atoms with Crippen LogP contribution in [0.25, 0.3) is 11.2 Å². The summed E-state index contributed by atoms with van der Waals surface area (Å²) in [6, 6.07) is 0. The van der Waals surface area contributed by atoms with Gasteiger partial charge in [-0.05, 0) is 20.3 Å². The van der Waals surface area contributed by atoms with Gasteiger partial charge < -0.3 is 24.6 Å². The number of nitrogens with two attached hydrogens (primary N) is 1. The summed E-state index contributed by atoms with van der Waals surface area (Å²) in [4.78, 5) is 24.4. The Bertz CT molecular complexity index is 941. The summed E-state index contributed by atoms with van der Waals surface area (Å²) < 4.78 is 30.4. The monoisotopic (exact) mass is 473 g/mol. The number of aliphatic hydroxyl groups excluding tert-OH is 1. The Balaban J connectivity index is 1.43. The molecule has 0 spiro atoms. The average molecular weight is 473 g/mol. The molecule has 3 N–H and O–H groups in total. The SMILES string of the molecule is C[C@H]1C[C@@H](CO[PH](=O)OCCSC(=O)C(C)(C)CO)O[C@H]1n1cnc2c(N)ncnc21. The lowest BCUT2D eigenvalue weighted by molar-refractivity contribution is -0.119. The zero-order valence-electron chi connectivity index (χ0n) is 17.7. The largest absolute Gasteiger partial charge is 0.395 e. The number of fused-ring (bicyclic) bond motifs is 1. The molecule has 1 aliphatic rings. The van der Waals surface area contributed by atoms with E-state index >= 15 is 0 Å². The lowest BCUT2D eigenvalue weighted by Gasteiger charge is -2.18. The molecule has 0 amide bonds. The van der Waals surface area contributed by atoms with Crippen molar-refractivity contribution < 1.29 is 28.3 Å². The number of nitrogen functional groups attached to an aromatic ring is 1. The van der Waals surface area contributed by atoms with E-state index in [1.54, 1.807) is 20.2 Å². The van der Waals surface area contributed by atoms with Crippen molar-refractivity contribution in [3.63, 3.8) is 0 Å². The number of aromatic nitrogens is 4. The van der Waals surface area contributed by atoms with Gasteiger partial charge in [0.15, 0.2) is 16.6 Å². The second-order valence-electron chi connectivity index (χ2n) is 8.03. The molecule has 1 fully saturated rings. The first-order chi connectivity index (χ1) is 14.7. The molecular weight excluding hydrogens is 445 g/mol. The highest BCUT2D eigenvalue weighted by Crippen LogP contribution is 2.37. The molecule has 0 saturated carbocycles. The first-order valence-corrected chi connectivity index (χ1v) is 12.1. The molecule has 2 aromatic rings. The van der Waals surface area contributed by atoms with Gasteiger partial charge in [-0.1, -0.05) is 18.7 Å². The number of anilines is 1. The molecule has 1 unspecified atom stereocenters. The van der Waals surface area contributed by atoms with Gasteiger partial charge in [0.2, 0.25) is 0 Å². The van der Waals surface area contributed by atoms with Crippen molar-refractivity contribution in [2.75, 3.05) is 31.3 Å². The molecule has 11 nitrogen and oxygen atoms in total. The second kappa shape index (κ2) is 10.4. The van der Waals surface area contributed by atoms with Gasteiger partial charge in [-0.25, -0.2) is 15.0 Å². The maximum atomic E-state index is 12.0. The number of nitrogens with zero attached hydrogens (tertiary/aromatic N) is 4. The van der Waals surface area contributed by atoms with Crippen molar-refractivity contribution in [2.45, 2.75) is 39.5 Å². The molecule has 2 aromatic heterocycles. The average Bonchev–Trinajstić information content (AvgIpc) is 3.33. The summed E-state index contributed by atoms with van der Waals surface area (Å²) in [6.45, 7) is 5.39. The molecule has 3 rings (SSSR count). The predicted molar refractivity (Wildman–Crippen MR) is 117 cm³/mol. The first kappa shape index (κ1) is 24.1. The zero-order valence-corrected chi connectivity index (χ0v) is 19.5. The van der Waals surface area contributed by atoms with Crippen molar-refractivity contribution in [3.05, 3.63) is 12.7 Å². The van der Waals surface area contributed by atoms with E-state index in [1.165, 1.54) is 6.33 Å². The van der Waals surface area contributed by atoms with Crippen LogP contribution in [0.2, 0.25) is 0 Å². The minimum atomic E-state index is -2.70. The normalized spacial score (nSPS) is 22.8. The van der Waals surface area contributed by atoms with Crippen molar-refractivity contribution in [1.82, 2.24) is 19.5 Å². The number of hydrogen-bond donors (Lipinski definition) is 2. The first-order valence-electron chi connectivity index (χ1n) is 9.89. The number of hydrogen-bond acceptors (Lipinski definition) is 11. The Morgan fingerprint density at radius 3 is 2.94 bits per heavy atom. The summed E-state index contributed by atoms with van der Waals surface area (Å²) in [5, 5.41) is 9.04. The van der Waals surface area contributed by atoms with Crippen LogP contribution in [0.5, 0.6) is 0 Å². The number of imidazole rings is 1. The fraction of sp³-hybridized carbons (Fsp3) is 0.667. The summed E-state index contributed by atoms with van der Waals surface area (Å²) in [6.07, 6.45) is 3.17. The molecule has 4 atom stereocenters. The van der Waals surface area contributed by atoms with Crippen LogP contribution in [0.1, 0.15) is 33.4 Å². The fourth-order valence-electron chi connectivity index (χ4n) is 3.14. The van der Waals surface area contributed by atoms with Crippen LogP contribution in [0.15, 0.2) is 12.7 Å². The van der Waals surface area contributed by atoms with Crippen molar-refractivity contribution in [3.8, 4) is 0 Å². The maximum Gasteiger partial charge on any atom is 0.319 e. The number of aliphatic hydroxyl groups is 1. The molecule has 31 heavy (non-hydrogen) atoms. The number of carbonyl (C=O) groups is 1. The van der Waals surface area contributed by atoms with Crippen LogP contribution >= 0.6 is 20.0 Å². The molecule has 0 aromatic carbocycles. The molecule has 1 saturated heterocycles. The lowest BCUT2D eigenvalue weighted by atomic mass is 9.97. The van der Waals surface area contributed by atoms with E-state index in [0.29, 0.717) is 29.2 Å². The number of rotatable bonds is 10. The van der Waals surface area contributed by atoms with Gasteiger partial charge in [0, 0.05) is 11.7 Å². The quantitative estimate of drug-likeness (QED) is 0.385. The van der Waals surface area contributed by atoms with Crippen molar-refractivity contribution in [2.24, 2.45) is 11.3 Å². The highest BCUT2D eigenvalue weighted by molar-refractivity contribution is 8.13. The van der Waals surface area contributed by atoms with E-state index in [2.05, 4.69) is 15.0 Å². The van der Waals surface area contributed by atoms with Crippen molar-refractivity contribution in [1.29, 1.82) is 0 Å². The molecule has 0 aliphatic carbocycles. The number of ether oxygens (including phenoxy) is 1. The minimum Gasteiger partial charge on any atom is -0.395 e. The third kappa shape index (κ3) is 5.82. The molecule has 1 aliphatic heterocycles. The molecule has 172 valence electrons. The topological polar surface area (TPSA) is 152 Å². The predicted octanol–water partition coefficient (Wildman–Crippen LogP) is 2.03. The van der Waals surface area contributed by atoms with E-state index < -0.39 is 13.7 Å². The van der Waals surface area contributed by atoms with E-state index in [9.17, 15) is 14.5 Å². The van der Waals surface area contributed by atoms with Gasteiger partial charge in [0.05, 0.1) is 37.7 Å². The van der Waals surface area contributed by atoms with Crippen LogP contribution < -0.4 is 5.73 Å². The maximum absolute atomic E-state index is 12.0. The van der Waals surface area contributed by atoms with Crippen molar-refractivity contribution >= 4 is 42.1 Å². The van der Waals surface area contributed by atoms with Gasteiger partial charge in [-0.2, -0.15) is 0 Å². The van der Waals surface area contributed by atoms with E-state index in [0.717, 1.165) is 11.8 Å². The van der Waals surface area contributed by atoms with Gasteiger partial charge in [-0.15, -0.1) is 0 Å². The van der Waals surface area contributed by atoms with Crippen LogP contribution in [0.4, 0.5) is 5.82 Å². The number of thioether (sulfide) groups is 1. The third-order valence-electron chi connectivity index (χ3n) is 4.99. The Morgan fingerprint density at radius 2 is 2.19 bits per heavy atom. The molecular formula is C18H28N5O6PS. The van der Waals surface area contributed by atoms with E-state index in [-0.39, 0.29) is 43.2 Å². The van der Waals surface area contributed by atoms with Crippen LogP contribution in [-0.4, -0.2) is 61.4 Å². The van der Waals surface area contributed by atoms with Crippen LogP contribution in [-0.2, 0) is 23.1 Å². The lowest BCUT2D eigenvalue weighted by Crippen LogP contribution is -2.26. The van der Waals surface area contributed by atoms with Crippen LogP contribution in [0, 0.1) is 11.3 Å². The Kier molecular flexibility index (Phi) is 8.06. The summed E-state index contributed by atoms with van der Waals surface area (Å²) in [7, 11) is -2.70. The van der Waals surface area contributed by atoms with Gasteiger partial charge in [0.1, 0.15) is 18.1 Å². The third-order valence-corrected chi connectivity index (χ3v) is 7.01. The minimum absolute atomic E-state index is 0.114. The molecule has 0 bridgehead atoms. The summed E-state index contributed by atoms with van der Waals surface area (Å²) in [5.74, 6) is 0.798. The van der Waals surface area contributed by atoms with Gasteiger partial charge >= 0.3 is 8.25 Å². The van der Waals surface area contributed by atoms with Gasteiger partial charge in [0.25, 0.3) is 0 Å². The van der Waals surface area contributed by atoms with E-state index in [4.69, 9.17) is 19.5 Å². The van der Waals surface area contributed by atoms with Crippen LogP contribution in [0.3, 0.4) is 0 Å². The molecule has 0 radical (unpaired) electrons. The smallest absolute Gasteiger partial charge is 0.319 e. The summed E-state index contributed by atoms with van der Waals surface area (Å²) in [5.41, 5.74) is 6.15. The fourth-order valence-corrected chi connectivity index (χ4v) is 4.77. The highest BCUT2D eigenvalue weighted by Gasteiger charge is 2.35. The Hall–Kier alpha value is -1.56. The van der Waals surface area contributed by atoms with E-state index in [1.807, 2.05) is 11.5 Å². The Morgan fingerprint density at radius 1 is 1.42 bits per heavy atom.